The van der Waals surface area contributed by atoms with Crippen molar-refractivity contribution in [1.29, 1.82) is 0 Å². The van der Waals surface area contributed by atoms with Crippen LogP contribution in [0.5, 0.6) is 0 Å². The summed E-state index contributed by atoms with van der Waals surface area (Å²) >= 11 is 0. The summed E-state index contributed by atoms with van der Waals surface area (Å²) < 4.78 is 0. The van der Waals surface area contributed by atoms with E-state index in [0.717, 1.165) is 11.3 Å². The first-order valence-corrected chi connectivity index (χ1v) is 7.21. The lowest BCUT2D eigenvalue weighted by atomic mass is 9.89. The van der Waals surface area contributed by atoms with Gasteiger partial charge in [0.25, 0.3) is 0 Å². The summed E-state index contributed by atoms with van der Waals surface area (Å²) in [5.74, 6) is 0.646. The Labute approximate surface area is 116 Å². The van der Waals surface area contributed by atoms with Crippen LogP contribution in [0.3, 0.4) is 0 Å². The van der Waals surface area contributed by atoms with Gasteiger partial charge in [0.1, 0.15) is 0 Å². The van der Waals surface area contributed by atoms with Gasteiger partial charge in [0.15, 0.2) is 0 Å². The minimum atomic E-state index is 0.646. The van der Waals surface area contributed by atoms with E-state index in [9.17, 15) is 0 Å². The molecule has 2 rings (SSSR count). The summed E-state index contributed by atoms with van der Waals surface area (Å²) in [5, 5.41) is 0. The Balaban J connectivity index is 2.40. The van der Waals surface area contributed by atoms with Gasteiger partial charge in [-0.15, -0.1) is 0 Å². The normalized spacial score (nSPS) is 12.3. The minimum absolute atomic E-state index is 0.646. The van der Waals surface area contributed by atoms with Crippen LogP contribution in [0.15, 0.2) is 48.5 Å². The van der Waals surface area contributed by atoms with Gasteiger partial charge in [-0.25, -0.2) is 0 Å². The molecular weight excluding hydrogens is 230 g/mol. The molecule has 0 amide bonds. The highest BCUT2D eigenvalue weighted by atomic mass is 14.6. The lowest BCUT2D eigenvalue weighted by Gasteiger charge is -2.16. The van der Waals surface area contributed by atoms with Gasteiger partial charge in [0.2, 0.25) is 0 Å². The van der Waals surface area contributed by atoms with Gasteiger partial charge in [-0.1, -0.05) is 56.7 Å². The third kappa shape index (κ3) is 3.17. The van der Waals surface area contributed by atoms with Gasteiger partial charge >= 0.3 is 0 Å². The molecule has 1 heteroatoms. The van der Waals surface area contributed by atoms with Crippen LogP contribution in [0.4, 0.5) is 5.69 Å². The quantitative estimate of drug-likeness (QED) is 0.725. The van der Waals surface area contributed by atoms with Gasteiger partial charge < -0.3 is 5.73 Å². The van der Waals surface area contributed by atoms with E-state index in [1.54, 1.807) is 0 Å². The average Bonchev–Trinajstić information content (AvgIpc) is 2.46. The van der Waals surface area contributed by atoms with Crippen molar-refractivity contribution in [3.8, 4) is 11.1 Å². The molecule has 2 aromatic rings. The van der Waals surface area contributed by atoms with Crippen LogP contribution in [0.1, 0.15) is 44.6 Å². The number of benzene rings is 2. The van der Waals surface area contributed by atoms with Crippen molar-refractivity contribution >= 4 is 5.69 Å². The SMILES string of the molecule is CCCC(CC)c1ccc(N)c(-c2ccccc2)c1. The van der Waals surface area contributed by atoms with Crippen LogP contribution in [-0.2, 0) is 0 Å². The van der Waals surface area contributed by atoms with Crippen LogP contribution < -0.4 is 5.73 Å². The van der Waals surface area contributed by atoms with Gasteiger partial charge in [0.05, 0.1) is 0 Å². The van der Waals surface area contributed by atoms with Crippen molar-refractivity contribution < 1.29 is 0 Å². The lowest BCUT2D eigenvalue weighted by Crippen LogP contribution is -1.99. The monoisotopic (exact) mass is 253 g/mol. The van der Waals surface area contributed by atoms with Crippen molar-refractivity contribution in [3.05, 3.63) is 54.1 Å². The molecule has 2 aromatic carbocycles. The molecule has 0 saturated carbocycles. The molecule has 0 aliphatic heterocycles. The fourth-order valence-corrected chi connectivity index (χ4v) is 2.65. The molecule has 1 atom stereocenters. The molecule has 19 heavy (non-hydrogen) atoms. The molecule has 0 aromatic heterocycles. The van der Waals surface area contributed by atoms with Crippen LogP contribution in [0.25, 0.3) is 11.1 Å². The van der Waals surface area contributed by atoms with Crippen molar-refractivity contribution in [2.45, 2.75) is 39.0 Å². The molecule has 0 spiro atoms. The number of nitrogen functional groups attached to an aromatic ring is 1. The zero-order valence-electron chi connectivity index (χ0n) is 11.9. The van der Waals surface area contributed by atoms with Gasteiger partial charge in [0, 0.05) is 11.3 Å². The van der Waals surface area contributed by atoms with Crippen molar-refractivity contribution in [2.75, 3.05) is 5.73 Å². The number of nitrogens with two attached hydrogens (primary N) is 1. The Kier molecular flexibility index (Phi) is 4.62. The Morgan fingerprint density at radius 3 is 2.37 bits per heavy atom. The Morgan fingerprint density at radius 1 is 1.00 bits per heavy atom. The smallest absolute Gasteiger partial charge is 0.0393 e. The van der Waals surface area contributed by atoms with Crippen LogP contribution in [-0.4, -0.2) is 0 Å². The van der Waals surface area contributed by atoms with E-state index < -0.39 is 0 Å². The second-order valence-electron chi connectivity index (χ2n) is 5.11. The predicted octanol–water partition coefficient (Wildman–Crippen LogP) is 5.23. The number of anilines is 1. The van der Waals surface area contributed by atoms with Crippen molar-refractivity contribution in [3.63, 3.8) is 0 Å². The molecule has 2 N–H and O–H groups in total. The fraction of sp³-hybridized carbons (Fsp3) is 0.333. The summed E-state index contributed by atoms with van der Waals surface area (Å²) in [6, 6.07) is 16.9. The van der Waals surface area contributed by atoms with Crippen molar-refractivity contribution in [2.24, 2.45) is 0 Å². The average molecular weight is 253 g/mol. The molecule has 0 aliphatic rings. The zero-order valence-corrected chi connectivity index (χ0v) is 11.9. The molecule has 1 nitrogen and oxygen atoms in total. The van der Waals surface area contributed by atoms with Crippen LogP contribution in [0.2, 0.25) is 0 Å². The highest BCUT2D eigenvalue weighted by Crippen LogP contribution is 2.32. The molecule has 1 unspecified atom stereocenters. The molecule has 0 radical (unpaired) electrons. The third-order valence-corrected chi connectivity index (χ3v) is 3.76. The summed E-state index contributed by atoms with van der Waals surface area (Å²) in [4.78, 5) is 0. The zero-order chi connectivity index (χ0) is 13.7. The van der Waals surface area contributed by atoms with E-state index in [0.29, 0.717) is 5.92 Å². The number of rotatable bonds is 5. The van der Waals surface area contributed by atoms with Gasteiger partial charge in [-0.3, -0.25) is 0 Å². The second-order valence-corrected chi connectivity index (χ2v) is 5.11. The van der Waals surface area contributed by atoms with Crippen LogP contribution in [0, 0.1) is 0 Å². The first-order valence-electron chi connectivity index (χ1n) is 7.21. The topological polar surface area (TPSA) is 26.0 Å². The minimum Gasteiger partial charge on any atom is -0.398 e. The van der Waals surface area contributed by atoms with Crippen molar-refractivity contribution in [1.82, 2.24) is 0 Å². The summed E-state index contributed by atoms with van der Waals surface area (Å²) in [7, 11) is 0. The third-order valence-electron chi connectivity index (χ3n) is 3.76. The maximum absolute atomic E-state index is 6.14. The molecule has 100 valence electrons. The van der Waals surface area contributed by atoms with E-state index in [1.165, 1.54) is 30.4 Å². The van der Waals surface area contributed by atoms with E-state index in [4.69, 9.17) is 5.73 Å². The molecule has 0 fully saturated rings. The van der Waals surface area contributed by atoms with Crippen LogP contribution >= 0.6 is 0 Å². The highest BCUT2D eigenvalue weighted by molar-refractivity contribution is 5.76. The highest BCUT2D eigenvalue weighted by Gasteiger charge is 2.11. The molecule has 0 bridgehead atoms. The fourth-order valence-electron chi connectivity index (χ4n) is 2.65. The van der Waals surface area contributed by atoms with E-state index in [2.05, 4.69) is 56.3 Å². The first-order chi connectivity index (χ1) is 9.26. The summed E-state index contributed by atoms with van der Waals surface area (Å²) in [6.45, 7) is 4.51. The van der Waals surface area contributed by atoms with E-state index >= 15 is 0 Å². The Hall–Kier alpha value is -1.76. The van der Waals surface area contributed by atoms with Gasteiger partial charge in [-0.2, -0.15) is 0 Å². The summed E-state index contributed by atoms with van der Waals surface area (Å²) in [6.07, 6.45) is 3.66. The van der Waals surface area contributed by atoms with E-state index in [-0.39, 0.29) is 0 Å². The molecule has 0 aliphatic carbocycles. The molecule has 0 heterocycles. The standard InChI is InChI=1S/C18H23N/c1-3-8-14(4-2)16-11-12-18(19)17(13-16)15-9-6-5-7-10-15/h5-7,9-14H,3-4,8,19H2,1-2H3. The largest absolute Gasteiger partial charge is 0.398 e. The Bertz CT molecular complexity index is 516. The first kappa shape index (κ1) is 13.7. The lowest BCUT2D eigenvalue weighted by molar-refractivity contribution is 0.596. The number of hydrogen-bond acceptors (Lipinski definition) is 1. The summed E-state index contributed by atoms with van der Waals surface area (Å²) in [5.41, 5.74) is 10.8. The molecule has 0 saturated heterocycles. The number of hydrogen-bond donors (Lipinski definition) is 1. The maximum Gasteiger partial charge on any atom is 0.0393 e. The molecular formula is C18H23N. The van der Waals surface area contributed by atoms with E-state index in [1.807, 2.05) is 6.07 Å². The Morgan fingerprint density at radius 2 is 1.74 bits per heavy atom. The predicted molar refractivity (Wildman–Crippen MR) is 84.2 cm³/mol. The maximum atomic E-state index is 6.14. The second kappa shape index (κ2) is 6.42. The van der Waals surface area contributed by atoms with Gasteiger partial charge in [-0.05, 0) is 42.0 Å².